The van der Waals surface area contributed by atoms with Crippen molar-refractivity contribution < 1.29 is 9.53 Å². The van der Waals surface area contributed by atoms with Crippen molar-refractivity contribution in [3.8, 4) is 5.75 Å². The summed E-state index contributed by atoms with van der Waals surface area (Å²) in [6.45, 7) is 4.04. The molecule has 2 atom stereocenters. The molecule has 0 aliphatic carbocycles. The van der Waals surface area contributed by atoms with Crippen LogP contribution in [0.4, 0.5) is 0 Å². The van der Waals surface area contributed by atoms with Crippen molar-refractivity contribution in [3.63, 3.8) is 0 Å². The van der Waals surface area contributed by atoms with E-state index in [-0.39, 0.29) is 11.9 Å². The number of amides is 1. The molecule has 0 unspecified atom stereocenters. The van der Waals surface area contributed by atoms with Gasteiger partial charge in [-0.3, -0.25) is 4.79 Å². The summed E-state index contributed by atoms with van der Waals surface area (Å²) in [5.74, 6) is 0.648. The Kier molecular flexibility index (Phi) is 5.90. The van der Waals surface area contributed by atoms with Crippen molar-refractivity contribution in [2.24, 2.45) is 0 Å². The maximum absolute atomic E-state index is 12.7. The van der Waals surface area contributed by atoms with Gasteiger partial charge >= 0.3 is 0 Å². The summed E-state index contributed by atoms with van der Waals surface area (Å²) in [6, 6.07) is 24.1. The van der Waals surface area contributed by atoms with Gasteiger partial charge in [-0.2, -0.15) is 0 Å². The van der Waals surface area contributed by atoms with Gasteiger partial charge in [0.15, 0.2) is 6.10 Å². The first-order valence-corrected chi connectivity index (χ1v) is 9.22. The lowest BCUT2D eigenvalue weighted by Crippen LogP contribution is -2.39. The summed E-state index contributed by atoms with van der Waals surface area (Å²) >= 11 is 0. The number of ether oxygens (including phenoxy) is 1. The van der Waals surface area contributed by atoms with E-state index in [1.54, 1.807) is 0 Å². The average Bonchev–Trinajstić information content (AvgIpc) is 2.70. The number of hydrogen-bond donors (Lipinski definition) is 1. The highest BCUT2D eigenvalue weighted by molar-refractivity contribution is 5.84. The molecule has 1 amide bonds. The van der Waals surface area contributed by atoms with Gasteiger partial charge in [0.1, 0.15) is 5.75 Å². The molecule has 26 heavy (non-hydrogen) atoms. The average molecular weight is 347 g/mol. The summed E-state index contributed by atoms with van der Waals surface area (Å²) in [4.78, 5) is 12.7. The molecule has 0 radical (unpaired) electrons. The van der Waals surface area contributed by atoms with Crippen LogP contribution >= 0.6 is 0 Å². The lowest BCUT2D eigenvalue weighted by atomic mass is 10.0. The van der Waals surface area contributed by atoms with Crippen LogP contribution in [-0.4, -0.2) is 12.0 Å². The number of carbonyl (C=O) groups is 1. The molecule has 134 valence electrons. The zero-order valence-corrected chi connectivity index (χ0v) is 15.3. The number of carbonyl (C=O) groups excluding carboxylic acids is 1. The van der Waals surface area contributed by atoms with E-state index in [1.165, 1.54) is 0 Å². The van der Waals surface area contributed by atoms with E-state index >= 15 is 0 Å². The third kappa shape index (κ3) is 4.23. The normalized spacial score (nSPS) is 13.2. The van der Waals surface area contributed by atoms with Crippen LogP contribution in [0.5, 0.6) is 5.75 Å². The Morgan fingerprint density at radius 1 is 0.885 bits per heavy atom. The smallest absolute Gasteiger partial charge is 0.261 e. The fourth-order valence-corrected chi connectivity index (χ4v) is 3.10. The van der Waals surface area contributed by atoms with Gasteiger partial charge in [0, 0.05) is 0 Å². The molecule has 0 spiro atoms. The Balaban J connectivity index is 1.71. The number of fused-ring (bicyclic) bond motifs is 1. The van der Waals surface area contributed by atoms with Crippen LogP contribution in [0.3, 0.4) is 0 Å². The zero-order valence-electron chi connectivity index (χ0n) is 15.3. The molecule has 0 saturated carbocycles. The molecule has 3 heteroatoms. The predicted octanol–water partition coefficient (Wildman–Crippen LogP) is 5.26. The van der Waals surface area contributed by atoms with Gasteiger partial charge in [0.2, 0.25) is 0 Å². The first kappa shape index (κ1) is 18.0. The van der Waals surface area contributed by atoms with Crippen LogP contribution in [0.15, 0.2) is 72.8 Å². The van der Waals surface area contributed by atoms with Gasteiger partial charge in [-0.25, -0.2) is 0 Å². The van der Waals surface area contributed by atoms with E-state index in [9.17, 15) is 4.79 Å². The summed E-state index contributed by atoms with van der Waals surface area (Å²) in [7, 11) is 0. The third-order valence-electron chi connectivity index (χ3n) is 4.59. The molecule has 3 rings (SSSR count). The Morgan fingerprint density at radius 2 is 1.58 bits per heavy atom. The highest BCUT2D eigenvalue weighted by Gasteiger charge is 2.22. The number of nitrogens with one attached hydrogen (secondary N) is 1. The van der Waals surface area contributed by atoms with E-state index < -0.39 is 6.10 Å². The van der Waals surface area contributed by atoms with Crippen molar-refractivity contribution >= 4 is 16.7 Å². The molecule has 0 aromatic heterocycles. The van der Waals surface area contributed by atoms with E-state index in [4.69, 9.17) is 4.74 Å². The van der Waals surface area contributed by atoms with Crippen molar-refractivity contribution in [1.82, 2.24) is 5.32 Å². The lowest BCUT2D eigenvalue weighted by Gasteiger charge is -2.22. The van der Waals surface area contributed by atoms with E-state index in [2.05, 4.69) is 18.3 Å². The largest absolute Gasteiger partial charge is 0.481 e. The van der Waals surface area contributed by atoms with Crippen LogP contribution in [0.25, 0.3) is 10.8 Å². The van der Waals surface area contributed by atoms with Gasteiger partial charge in [0.25, 0.3) is 5.91 Å². The minimum atomic E-state index is -0.506. The second-order valence-corrected chi connectivity index (χ2v) is 6.40. The van der Waals surface area contributed by atoms with Crippen LogP contribution in [-0.2, 0) is 4.79 Å². The van der Waals surface area contributed by atoms with E-state index in [1.807, 2.05) is 73.7 Å². The highest BCUT2D eigenvalue weighted by Crippen LogP contribution is 2.23. The van der Waals surface area contributed by atoms with Gasteiger partial charge in [-0.05, 0) is 41.3 Å². The standard InChI is InChI=1S/C23H25NO2/c1-3-21(18-11-6-5-7-12-18)24-23(25)22(4-2)26-20-15-14-17-10-8-9-13-19(17)16-20/h5-16,21-22H,3-4H2,1-2H3,(H,24,25)/t21-,22-/m1/s1. The zero-order chi connectivity index (χ0) is 18.4. The lowest BCUT2D eigenvalue weighted by molar-refractivity contribution is -0.128. The molecule has 0 heterocycles. The van der Waals surface area contributed by atoms with Crippen LogP contribution < -0.4 is 10.1 Å². The first-order valence-electron chi connectivity index (χ1n) is 9.22. The Labute approximate surface area is 155 Å². The predicted molar refractivity (Wildman–Crippen MR) is 106 cm³/mol. The SMILES string of the molecule is CC[C@@H](Oc1ccc2ccccc2c1)C(=O)N[C@H](CC)c1ccccc1. The summed E-state index contributed by atoms with van der Waals surface area (Å²) in [6.07, 6.45) is 0.945. The molecule has 3 aromatic carbocycles. The Hall–Kier alpha value is -2.81. The van der Waals surface area contributed by atoms with Crippen molar-refractivity contribution in [2.45, 2.75) is 38.8 Å². The highest BCUT2D eigenvalue weighted by atomic mass is 16.5. The van der Waals surface area contributed by atoms with Gasteiger partial charge in [0.05, 0.1) is 6.04 Å². The third-order valence-corrected chi connectivity index (χ3v) is 4.59. The Bertz CT molecular complexity index is 860. The van der Waals surface area contributed by atoms with Crippen LogP contribution in [0, 0.1) is 0 Å². The summed E-state index contributed by atoms with van der Waals surface area (Å²) in [5.41, 5.74) is 1.11. The topological polar surface area (TPSA) is 38.3 Å². The van der Waals surface area contributed by atoms with Gasteiger partial charge < -0.3 is 10.1 Å². The number of hydrogen-bond acceptors (Lipinski definition) is 2. The molecule has 3 nitrogen and oxygen atoms in total. The first-order chi connectivity index (χ1) is 12.7. The minimum Gasteiger partial charge on any atom is -0.481 e. The second kappa shape index (κ2) is 8.52. The van der Waals surface area contributed by atoms with Crippen molar-refractivity contribution in [1.29, 1.82) is 0 Å². The van der Waals surface area contributed by atoms with Gasteiger partial charge in [-0.15, -0.1) is 0 Å². The molecule has 0 fully saturated rings. The fraction of sp³-hybridized carbons (Fsp3) is 0.261. The van der Waals surface area contributed by atoms with Gasteiger partial charge in [-0.1, -0.05) is 74.5 Å². The van der Waals surface area contributed by atoms with Crippen molar-refractivity contribution in [3.05, 3.63) is 78.4 Å². The fourth-order valence-electron chi connectivity index (χ4n) is 3.10. The molecule has 3 aromatic rings. The molecule has 0 saturated heterocycles. The maximum atomic E-state index is 12.7. The molecular formula is C23H25NO2. The summed E-state index contributed by atoms with van der Waals surface area (Å²) in [5, 5.41) is 5.39. The molecule has 1 N–H and O–H groups in total. The van der Waals surface area contributed by atoms with E-state index in [0.717, 1.165) is 28.5 Å². The van der Waals surface area contributed by atoms with Crippen molar-refractivity contribution in [2.75, 3.05) is 0 Å². The monoisotopic (exact) mass is 347 g/mol. The molecular weight excluding hydrogens is 322 g/mol. The molecule has 0 aliphatic heterocycles. The van der Waals surface area contributed by atoms with Crippen LogP contribution in [0.2, 0.25) is 0 Å². The Morgan fingerprint density at radius 3 is 2.27 bits per heavy atom. The minimum absolute atomic E-state index is 0.00189. The number of rotatable bonds is 7. The summed E-state index contributed by atoms with van der Waals surface area (Å²) < 4.78 is 6.00. The quantitative estimate of drug-likeness (QED) is 0.633. The van der Waals surface area contributed by atoms with Crippen LogP contribution in [0.1, 0.15) is 38.3 Å². The maximum Gasteiger partial charge on any atom is 0.261 e. The molecule has 0 bridgehead atoms. The second-order valence-electron chi connectivity index (χ2n) is 6.40. The van der Waals surface area contributed by atoms with E-state index in [0.29, 0.717) is 6.42 Å². The number of benzene rings is 3. The molecule has 0 aliphatic rings.